The van der Waals surface area contributed by atoms with Gasteiger partial charge in [-0.25, -0.2) is 0 Å². The zero-order valence-electron chi connectivity index (χ0n) is 13.1. The normalized spacial score (nSPS) is 21.6. The molecule has 2 rings (SSSR count). The largest absolute Gasteiger partial charge is 0.492 e. The van der Waals surface area contributed by atoms with Gasteiger partial charge in [0.15, 0.2) is 0 Å². The van der Waals surface area contributed by atoms with Gasteiger partial charge in [0.1, 0.15) is 12.4 Å². The van der Waals surface area contributed by atoms with Crippen molar-refractivity contribution in [2.75, 3.05) is 33.3 Å². The zero-order valence-corrected chi connectivity index (χ0v) is 13.1. The molecule has 3 heteroatoms. The minimum Gasteiger partial charge on any atom is -0.492 e. The van der Waals surface area contributed by atoms with Crippen molar-refractivity contribution >= 4 is 0 Å². The summed E-state index contributed by atoms with van der Waals surface area (Å²) in [5.74, 6) is 1.74. The third-order valence-electron chi connectivity index (χ3n) is 4.19. The highest BCUT2D eigenvalue weighted by molar-refractivity contribution is 5.27. The molecule has 1 heterocycles. The number of nitrogens with zero attached hydrogens (tertiary/aromatic N) is 1. The lowest BCUT2D eigenvalue weighted by atomic mass is 9.92. The molecule has 1 aromatic rings. The fraction of sp³-hybridized carbons (Fsp3) is 0.647. The Morgan fingerprint density at radius 1 is 1.45 bits per heavy atom. The van der Waals surface area contributed by atoms with Gasteiger partial charge in [-0.15, -0.1) is 0 Å². The Bertz CT molecular complexity index is 408. The van der Waals surface area contributed by atoms with Crippen LogP contribution in [0.4, 0.5) is 0 Å². The number of hydrogen-bond donors (Lipinski definition) is 1. The molecule has 1 fully saturated rings. The average Bonchev–Trinajstić information content (AvgIpc) is 2.43. The predicted molar refractivity (Wildman–Crippen MR) is 84.4 cm³/mol. The van der Waals surface area contributed by atoms with Crippen LogP contribution in [0.3, 0.4) is 0 Å². The second kappa shape index (κ2) is 7.65. The molecular weight excluding hydrogens is 248 g/mol. The monoisotopic (exact) mass is 276 g/mol. The van der Waals surface area contributed by atoms with Gasteiger partial charge < -0.3 is 15.0 Å². The summed E-state index contributed by atoms with van der Waals surface area (Å²) in [5.41, 5.74) is 1.24. The van der Waals surface area contributed by atoms with E-state index in [0.717, 1.165) is 24.8 Å². The standard InChI is InChI=1S/C17H28N2O/c1-14-6-4-8-17(12-14)20-11-9-18-15(2)16-7-5-10-19(3)13-16/h4,6,8,12,15-16,18H,5,7,9-11,13H2,1-3H3. The Kier molecular flexibility index (Phi) is 5.86. The number of aryl methyl sites for hydroxylation is 1. The van der Waals surface area contributed by atoms with Crippen molar-refractivity contribution in [3.63, 3.8) is 0 Å². The van der Waals surface area contributed by atoms with Crippen molar-refractivity contribution in [1.82, 2.24) is 10.2 Å². The second-order valence-corrected chi connectivity index (χ2v) is 6.07. The van der Waals surface area contributed by atoms with Crippen molar-refractivity contribution in [3.8, 4) is 5.75 Å². The molecule has 1 aliphatic heterocycles. The van der Waals surface area contributed by atoms with E-state index in [4.69, 9.17) is 4.74 Å². The first kappa shape index (κ1) is 15.3. The Labute approximate surface area is 123 Å². The molecule has 2 atom stereocenters. The molecule has 1 saturated heterocycles. The summed E-state index contributed by atoms with van der Waals surface area (Å²) in [5, 5.41) is 3.61. The van der Waals surface area contributed by atoms with Gasteiger partial charge in [0.05, 0.1) is 0 Å². The minimum atomic E-state index is 0.568. The molecule has 1 N–H and O–H groups in total. The maximum absolute atomic E-state index is 5.77. The lowest BCUT2D eigenvalue weighted by Gasteiger charge is -2.34. The zero-order chi connectivity index (χ0) is 14.4. The smallest absolute Gasteiger partial charge is 0.119 e. The molecule has 3 nitrogen and oxygen atoms in total. The maximum Gasteiger partial charge on any atom is 0.119 e. The SMILES string of the molecule is Cc1cccc(OCCNC(C)C2CCCN(C)C2)c1. The predicted octanol–water partition coefficient (Wildman–Crippen LogP) is 2.69. The Hall–Kier alpha value is -1.06. The number of benzene rings is 1. The number of ether oxygens (including phenoxy) is 1. The molecule has 20 heavy (non-hydrogen) atoms. The van der Waals surface area contributed by atoms with E-state index < -0.39 is 0 Å². The van der Waals surface area contributed by atoms with Crippen LogP contribution in [0.15, 0.2) is 24.3 Å². The van der Waals surface area contributed by atoms with Gasteiger partial charge in [-0.3, -0.25) is 0 Å². The van der Waals surface area contributed by atoms with E-state index in [1.807, 2.05) is 12.1 Å². The van der Waals surface area contributed by atoms with Crippen LogP contribution in [0, 0.1) is 12.8 Å². The number of hydrogen-bond acceptors (Lipinski definition) is 3. The van der Waals surface area contributed by atoms with Gasteiger partial charge in [-0.2, -0.15) is 0 Å². The Morgan fingerprint density at radius 2 is 2.30 bits per heavy atom. The van der Waals surface area contributed by atoms with Crippen molar-refractivity contribution < 1.29 is 4.74 Å². The van der Waals surface area contributed by atoms with E-state index in [0.29, 0.717) is 6.04 Å². The third-order valence-corrected chi connectivity index (χ3v) is 4.19. The first-order chi connectivity index (χ1) is 9.65. The van der Waals surface area contributed by atoms with Crippen LogP contribution in [-0.2, 0) is 0 Å². The molecular formula is C17H28N2O. The Balaban J connectivity index is 1.65. The van der Waals surface area contributed by atoms with Gasteiger partial charge in [0.2, 0.25) is 0 Å². The van der Waals surface area contributed by atoms with Gasteiger partial charge in [-0.1, -0.05) is 12.1 Å². The number of nitrogens with one attached hydrogen (secondary N) is 1. The first-order valence-electron chi connectivity index (χ1n) is 7.76. The molecule has 0 saturated carbocycles. The van der Waals surface area contributed by atoms with Crippen LogP contribution in [0.5, 0.6) is 5.75 Å². The summed E-state index contributed by atoms with van der Waals surface area (Å²) in [6, 6.07) is 8.80. The van der Waals surface area contributed by atoms with Crippen LogP contribution in [-0.4, -0.2) is 44.2 Å². The van der Waals surface area contributed by atoms with Crippen molar-refractivity contribution in [2.45, 2.75) is 32.7 Å². The lowest BCUT2D eigenvalue weighted by molar-refractivity contribution is 0.175. The Morgan fingerprint density at radius 3 is 3.05 bits per heavy atom. The van der Waals surface area contributed by atoms with Crippen molar-refractivity contribution in [2.24, 2.45) is 5.92 Å². The van der Waals surface area contributed by atoms with Gasteiger partial charge in [-0.05, 0) is 63.9 Å². The number of rotatable bonds is 6. The minimum absolute atomic E-state index is 0.568. The van der Waals surface area contributed by atoms with Gasteiger partial charge in [0.25, 0.3) is 0 Å². The van der Waals surface area contributed by atoms with Crippen LogP contribution in [0.25, 0.3) is 0 Å². The molecule has 0 amide bonds. The topological polar surface area (TPSA) is 24.5 Å². The van der Waals surface area contributed by atoms with E-state index in [1.54, 1.807) is 0 Å². The molecule has 0 aliphatic carbocycles. The molecule has 1 aromatic carbocycles. The summed E-state index contributed by atoms with van der Waals surface area (Å²) < 4.78 is 5.77. The summed E-state index contributed by atoms with van der Waals surface area (Å²) in [7, 11) is 2.22. The molecule has 1 aliphatic rings. The van der Waals surface area contributed by atoms with Crippen LogP contribution >= 0.6 is 0 Å². The van der Waals surface area contributed by atoms with E-state index in [1.165, 1.54) is 31.5 Å². The summed E-state index contributed by atoms with van der Waals surface area (Å²) >= 11 is 0. The molecule has 2 unspecified atom stereocenters. The van der Waals surface area contributed by atoms with E-state index in [-0.39, 0.29) is 0 Å². The lowest BCUT2D eigenvalue weighted by Crippen LogP contribution is -2.44. The fourth-order valence-electron chi connectivity index (χ4n) is 2.94. The average molecular weight is 276 g/mol. The summed E-state index contributed by atoms with van der Waals surface area (Å²) in [6.07, 6.45) is 2.67. The molecule has 0 bridgehead atoms. The van der Waals surface area contributed by atoms with Crippen LogP contribution < -0.4 is 10.1 Å². The van der Waals surface area contributed by atoms with Crippen LogP contribution in [0.1, 0.15) is 25.3 Å². The van der Waals surface area contributed by atoms with Gasteiger partial charge >= 0.3 is 0 Å². The molecule has 112 valence electrons. The fourth-order valence-corrected chi connectivity index (χ4v) is 2.94. The van der Waals surface area contributed by atoms with E-state index in [9.17, 15) is 0 Å². The number of likely N-dealkylation sites (tertiary alicyclic amines) is 1. The third kappa shape index (κ3) is 4.80. The quantitative estimate of drug-likeness (QED) is 0.809. The van der Waals surface area contributed by atoms with Crippen molar-refractivity contribution in [3.05, 3.63) is 29.8 Å². The highest BCUT2D eigenvalue weighted by Gasteiger charge is 2.22. The molecule has 0 aromatic heterocycles. The maximum atomic E-state index is 5.77. The van der Waals surface area contributed by atoms with Crippen LogP contribution in [0.2, 0.25) is 0 Å². The van der Waals surface area contributed by atoms with E-state index in [2.05, 4.69) is 43.2 Å². The van der Waals surface area contributed by atoms with Gasteiger partial charge in [0, 0.05) is 19.1 Å². The highest BCUT2D eigenvalue weighted by atomic mass is 16.5. The second-order valence-electron chi connectivity index (χ2n) is 6.07. The summed E-state index contributed by atoms with van der Waals surface area (Å²) in [6.45, 7) is 8.50. The summed E-state index contributed by atoms with van der Waals surface area (Å²) in [4.78, 5) is 2.44. The van der Waals surface area contributed by atoms with E-state index >= 15 is 0 Å². The first-order valence-corrected chi connectivity index (χ1v) is 7.76. The number of piperidine rings is 1. The highest BCUT2D eigenvalue weighted by Crippen LogP contribution is 2.18. The van der Waals surface area contributed by atoms with Crippen molar-refractivity contribution in [1.29, 1.82) is 0 Å². The molecule has 0 radical (unpaired) electrons. The molecule has 0 spiro atoms.